The molecule has 1 aliphatic rings. The van der Waals surface area contributed by atoms with Crippen molar-refractivity contribution in [2.45, 2.75) is 53.1 Å². The second-order valence-corrected chi connectivity index (χ2v) is 6.97. The van der Waals surface area contributed by atoms with Gasteiger partial charge in [0.2, 0.25) is 5.91 Å². The highest BCUT2D eigenvalue weighted by Gasteiger charge is 2.24. The highest BCUT2D eigenvalue weighted by molar-refractivity contribution is 5.78. The largest absolute Gasteiger partial charge is 0.374 e. The molecule has 0 N–H and O–H groups in total. The first-order valence-corrected chi connectivity index (χ1v) is 9.01. The SMILES string of the molecule is CCCCC(C)C(=O)N(C)C[C@@H]1CN(CC#CC(C)C)CCO1. The third-order valence-corrected chi connectivity index (χ3v) is 4.18. The summed E-state index contributed by atoms with van der Waals surface area (Å²) in [4.78, 5) is 16.5. The Morgan fingerprint density at radius 3 is 2.78 bits per heavy atom. The maximum absolute atomic E-state index is 12.4. The molecule has 132 valence electrons. The van der Waals surface area contributed by atoms with Gasteiger partial charge in [0.25, 0.3) is 0 Å². The summed E-state index contributed by atoms with van der Waals surface area (Å²) in [5.41, 5.74) is 0. The first-order valence-electron chi connectivity index (χ1n) is 9.01. The van der Waals surface area contributed by atoms with E-state index in [-0.39, 0.29) is 17.9 Å². The fraction of sp³-hybridized carbons (Fsp3) is 0.842. The molecule has 0 saturated carbocycles. The van der Waals surface area contributed by atoms with E-state index in [0.717, 1.165) is 45.5 Å². The van der Waals surface area contributed by atoms with Gasteiger partial charge in [-0.25, -0.2) is 0 Å². The van der Waals surface area contributed by atoms with Gasteiger partial charge in [-0.3, -0.25) is 9.69 Å². The molecule has 2 atom stereocenters. The lowest BCUT2D eigenvalue weighted by Gasteiger charge is -2.34. The summed E-state index contributed by atoms with van der Waals surface area (Å²) in [7, 11) is 1.89. The fourth-order valence-electron chi connectivity index (χ4n) is 2.80. The summed E-state index contributed by atoms with van der Waals surface area (Å²) in [6, 6.07) is 0. The Bertz CT molecular complexity index is 411. The number of morpholine rings is 1. The van der Waals surface area contributed by atoms with Gasteiger partial charge in [-0.15, -0.1) is 0 Å². The lowest BCUT2D eigenvalue weighted by molar-refractivity contribution is -0.136. The van der Waals surface area contributed by atoms with Gasteiger partial charge in [-0.1, -0.05) is 52.4 Å². The second-order valence-electron chi connectivity index (χ2n) is 6.97. The molecule has 0 radical (unpaired) electrons. The molecule has 0 aromatic carbocycles. The Hall–Kier alpha value is -1.05. The molecule has 1 amide bonds. The number of likely N-dealkylation sites (N-methyl/N-ethyl adjacent to an activating group) is 1. The van der Waals surface area contributed by atoms with Crippen LogP contribution >= 0.6 is 0 Å². The molecule has 1 aliphatic heterocycles. The third-order valence-electron chi connectivity index (χ3n) is 4.18. The van der Waals surface area contributed by atoms with E-state index in [0.29, 0.717) is 12.5 Å². The molecule has 4 nitrogen and oxygen atoms in total. The first-order chi connectivity index (χ1) is 10.9. The molecule has 23 heavy (non-hydrogen) atoms. The van der Waals surface area contributed by atoms with Crippen LogP contribution in [-0.2, 0) is 9.53 Å². The standard InChI is InChI=1S/C19H34N2O2/c1-6-7-10-17(4)19(22)20(5)14-18-15-21(12-13-23-18)11-8-9-16(2)3/h16-18H,6-7,10-15H2,1-5H3/t17?,18-/m1/s1. The zero-order valence-corrected chi connectivity index (χ0v) is 15.6. The Labute approximate surface area is 142 Å². The lowest BCUT2D eigenvalue weighted by atomic mass is 10.0. The van der Waals surface area contributed by atoms with Crippen molar-refractivity contribution in [2.24, 2.45) is 11.8 Å². The predicted octanol–water partition coefficient (Wildman–Crippen LogP) is 2.63. The van der Waals surface area contributed by atoms with Gasteiger partial charge in [0.05, 0.1) is 19.3 Å². The van der Waals surface area contributed by atoms with Crippen LogP contribution in [0.2, 0.25) is 0 Å². The molecule has 1 heterocycles. The van der Waals surface area contributed by atoms with Crippen molar-refractivity contribution in [3.63, 3.8) is 0 Å². The molecule has 0 aliphatic carbocycles. The monoisotopic (exact) mass is 322 g/mol. The molecular formula is C19H34N2O2. The molecule has 0 aromatic heterocycles. The van der Waals surface area contributed by atoms with Crippen LogP contribution in [0.3, 0.4) is 0 Å². The molecule has 0 aromatic rings. The molecular weight excluding hydrogens is 288 g/mol. The predicted molar refractivity (Wildman–Crippen MR) is 95.1 cm³/mol. The molecule has 4 heteroatoms. The van der Waals surface area contributed by atoms with Gasteiger partial charge in [0, 0.05) is 38.5 Å². The summed E-state index contributed by atoms with van der Waals surface area (Å²) >= 11 is 0. The Balaban J connectivity index is 2.40. The topological polar surface area (TPSA) is 32.8 Å². The summed E-state index contributed by atoms with van der Waals surface area (Å²) in [6.45, 7) is 12.4. The number of carbonyl (C=O) groups is 1. The number of hydrogen-bond donors (Lipinski definition) is 0. The van der Waals surface area contributed by atoms with Crippen LogP contribution in [0.15, 0.2) is 0 Å². The quantitative estimate of drug-likeness (QED) is 0.676. The third kappa shape index (κ3) is 7.85. The lowest BCUT2D eigenvalue weighted by Crippen LogP contribution is -2.48. The Morgan fingerprint density at radius 1 is 1.39 bits per heavy atom. The van der Waals surface area contributed by atoms with Crippen molar-refractivity contribution >= 4 is 5.91 Å². The molecule has 1 unspecified atom stereocenters. The molecule has 1 saturated heterocycles. The zero-order chi connectivity index (χ0) is 17.2. The van der Waals surface area contributed by atoms with Crippen LogP contribution in [-0.4, -0.2) is 61.6 Å². The second kappa shape index (κ2) is 10.7. The molecule has 1 rings (SSSR count). The highest BCUT2D eigenvalue weighted by Crippen LogP contribution is 2.12. The van der Waals surface area contributed by atoms with Crippen LogP contribution in [0.25, 0.3) is 0 Å². The average molecular weight is 322 g/mol. The summed E-state index contributed by atoms with van der Waals surface area (Å²) in [5.74, 6) is 7.20. The average Bonchev–Trinajstić information content (AvgIpc) is 2.51. The first kappa shape index (κ1) is 20.0. The maximum atomic E-state index is 12.4. The van der Waals surface area contributed by atoms with Crippen LogP contribution in [0.4, 0.5) is 0 Å². The fourth-order valence-corrected chi connectivity index (χ4v) is 2.80. The molecule has 0 bridgehead atoms. The minimum absolute atomic E-state index is 0.0944. The van der Waals surface area contributed by atoms with Gasteiger partial charge in [-0.2, -0.15) is 0 Å². The van der Waals surface area contributed by atoms with E-state index in [1.807, 2.05) is 18.9 Å². The van der Waals surface area contributed by atoms with Crippen molar-refractivity contribution < 1.29 is 9.53 Å². The van der Waals surface area contributed by atoms with E-state index in [1.165, 1.54) is 0 Å². The smallest absolute Gasteiger partial charge is 0.225 e. The molecule has 0 spiro atoms. The summed E-state index contributed by atoms with van der Waals surface area (Å²) < 4.78 is 5.83. The number of hydrogen-bond acceptors (Lipinski definition) is 3. The van der Waals surface area contributed by atoms with Crippen LogP contribution in [0, 0.1) is 23.7 Å². The Kier molecular flexibility index (Phi) is 9.28. The number of carbonyl (C=O) groups excluding carboxylic acids is 1. The van der Waals surface area contributed by atoms with E-state index >= 15 is 0 Å². The van der Waals surface area contributed by atoms with Gasteiger partial charge in [-0.05, 0) is 6.42 Å². The molecule has 1 fully saturated rings. The van der Waals surface area contributed by atoms with E-state index in [2.05, 4.69) is 37.5 Å². The van der Waals surface area contributed by atoms with Crippen molar-refractivity contribution in [3.05, 3.63) is 0 Å². The number of rotatable bonds is 7. The summed E-state index contributed by atoms with van der Waals surface area (Å²) in [6.07, 6.45) is 3.32. The van der Waals surface area contributed by atoms with Gasteiger partial charge in [0.1, 0.15) is 0 Å². The van der Waals surface area contributed by atoms with Crippen molar-refractivity contribution in [2.75, 3.05) is 39.8 Å². The van der Waals surface area contributed by atoms with E-state index in [4.69, 9.17) is 4.74 Å². The van der Waals surface area contributed by atoms with Crippen molar-refractivity contribution in [3.8, 4) is 11.8 Å². The minimum atomic E-state index is 0.0944. The normalized spacial score (nSPS) is 20.0. The van der Waals surface area contributed by atoms with Crippen LogP contribution in [0.1, 0.15) is 47.0 Å². The minimum Gasteiger partial charge on any atom is -0.374 e. The van der Waals surface area contributed by atoms with Crippen LogP contribution < -0.4 is 0 Å². The Morgan fingerprint density at radius 2 is 2.13 bits per heavy atom. The van der Waals surface area contributed by atoms with E-state index in [1.54, 1.807) is 0 Å². The summed E-state index contributed by atoms with van der Waals surface area (Å²) in [5, 5.41) is 0. The van der Waals surface area contributed by atoms with Crippen LogP contribution in [0.5, 0.6) is 0 Å². The number of unbranched alkanes of at least 4 members (excludes halogenated alkanes) is 1. The zero-order valence-electron chi connectivity index (χ0n) is 15.6. The van der Waals surface area contributed by atoms with Gasteiger partial charge >= 0.3 is 0 Å². The van der Waals surface area contributed by atoms with Crippen molar-refractivity contribution in [1.29, 1.82) is 0 Å². The van der Waals surface area contributed by atoms with E-state index in [9.17, 15) is 4.79 Å². The number of ether oxygens (including phenoxy) is 1. The van der Waals surface area contributed by atoms with E-state index < -0.39 is 0 Å². The number of amides is 1. The number of nitrogens with zero attached hydrogens (tertiary/aromatic N) is 2. The highest BCUT2D eigenvalue weighted by atomic mass is 16.5. The van der Waals surface area contributed by atoms with Gasteiger partial charge < -0.3 is 9.64 Å². The van der Waals surface area contributed by atoms with Gasteiger partial charge in [0.15, 0.2) is 0 Å². The maximum Gasteiger partial charge on any atom is 0.225 e. The van der Waals surface area contributed by atoms with Crippen molar-refractivity contribution in [1.82, 2.24) is 9.80 Å².